The fourth-order valence-corrected chi connectivity index (χ4v) is 2.38. The maximum absolute atomic E-state index is 2.59. The van der Waals surface area contributed by atoms with Crippen molar-refractivity contribution in [3.05, 3.63) is 0 Å². The standard InChI is InChI=1S/C12H26N2/c1-5-8-13(4)12-6-9-14(10-7-12)11(2)3/h11-12H,5-10H2,1-4H3. The molecule has 0 aromatic rings. The molecule has 1 saturated heterocycles. The monoisotopic (exact) mass is 198 g/mol. The van der Waals surface area contributed by atoms with Gasteiger partial charge in [0.15, 0.2) is 0 Å². The minimum atomic E-state index is 0.729. The molecule has 0 N–H and O–H groups in total. The number of nitrogens with zero attached hydrogens (tertiary/aromatic N) is 2. The van der Waals surface area contributed by atoms with Crippen molar-refractivity contribution in [1.82, 2.24) is 9.80 Å². The van der Waals surface area contributed by atoms with Crippen molar-refractivity contribution in [1.29, 1.82) is 0 Å². The number of rotatable bonds is 4. The van der Waals surface area contributed by atoms with Gasteiger partial charge in [-0.15, -0.1) is 0 Å². The molecule has 1 aliphatic rings. The van der Waals surface area contributed by atoms with E-state index in [0.29, 0.717) is 0 Å². The molecular formula is C12H26N2. The van der Waals surface area contributed by atoms with Crippen molar-refractivity contribution < 1.29 is 0 Å². The first-order valence-electron chi connectivity index (χ1n) is 6.09. The van der Waals surface area contributed by atoms with E-state index in [4.69, 9.17) is 0 Å². The molecule has 0 aromatic carbocycles. The van der Waals surface area contributed by atoms with Gasteiger partial charge < -0.3 is 9.80 Å². The van der Waals surface area contributed by atoms with Crippen LogP contribution >= 0.6 is 0 Å². The summed E-state index contributed by atoms with van der Waals surface area (Å²) in [5, 5.41) is 0. The van der Waals surface area contributed by atoms with Crippen LogP contribution in [-0.2, 0) is 0 Å². The molecule has 0 amide bonds. The summed E-state index contributed by atoms with van der Waals surface area (Å²) < 4.78 is 0. The van der Waals surface area contributed by atoms with Gasteiger partial charge in [0.05, 0.1) is 0 Å². The van der Waals surface area contributed by atoms with Gasteiger partial charge in [-0.1, -0.05) is 6.92 Å². The molecule has 0 aromatic heterocycles. The molecule has 2 heteroatoms. The lowest BCUT2D eigenvalue weighted by atomic mass is 10.0. The molecule has 0 aliphatic carbocycles. The Kier molecular flexibility index (Phi) is 4.90. The molecule has 0 spiro atoms. The third-order valence-corrected chi connectivity index (χ3v) is 3.43. The van der Waals surface area contributed by atoms with E-state index in [1.54, 1.807) is 0 Å². The molecule has 2 nitrogen and oxygen atoms in total. The first-order valence-corrected chi connectivity index (χ1v) is 6.09. The quantitative estimate of drug-likeness (QED) is 0.683. The highest BCUT2D eigenvalue weighted by Gasteiger charge is 2.22. The van der Waals surface area contributed by atoms with Crippen LogP contribution in [0.4, 0.5) is 0 Å². The Morgan fingerprint density at radius 1 is 1.29 bits per heavy atom. The smallest absolute Gasteiger partial charge is 0.0117 e. The number of piperidine rings is 1. The largest absolute Gasteiger partial charge is 0.303 e. The second-order valence-corrected chi connectivity index (χ2v) is 4.84. The zero-order valence-electron chi connectivity index (χ0n) is 10.3. The lowest BCUT2D eigenvalue weighted by molar-refractivity contribution is 0.108. The first-order chi connectivity index (χ1) is 6.65. The van der Waals surface area contributed by atoms with Crippen LogP contribution in [0.5, 0.6) is 0 Å². The average molecular weight is 198 g/mol. The van der Waals surface area contributed by atoms with Crippen molar-refractivity contribution in [2.24, 2.45) is 0 Å². The van der Waals surface area contributed by atoms with Gasteiger partial charge in [0, 0.05) is 12.1 Å². The van der Waals surface area contributed by atoms with E-state index in [1.165, 1.54) is 38.9 Å². The molecule has 0 atom stereocenters. The summed E-state index contributed by atoms with van der Waals surface area (Å²) in [6.07, 6.45) is 3.99. The van der Waals surface area contributed by atoms with Gasteiger partial charge in [-0.3, -0.25) is 0 Å². The molecular weight excluding hydrogens is 172 g/mol. The van der Waals surface area contributed by atoms with E-state index in [2.05, 4.69) is 37.6 Å². The third kappa shape index (κ3) is 3.25. The van der Waals surface area contributed by atoms with E-state index >= 15 is 0 Å². The Bertz CT molecular complexity index is 148. The maximum Gasteiger partial charge on any atom is 0.0117 e. The maximum atomic E-state index is 2.59. The molecule has 1 aliphatic heterocycles. The molecule has 1 fully saturated rings. The van der Waals surface area contributed by atoms with Crippen molar-refractivity contribution >= 4 is 0 Å². The van der Waals surface area contributed by atoms with Crippen LogP contribution in [0.25, 0.3) is 0 Å². The Morgan fingerprint density at radius 3 is 2.29 bits per heavy atom. The Hall–Kier alpha value is -0.0800. The molecule has 1 heterocycles. The summed E-state index contributed by atoms with van der Waals surface area (Å²) in [6, 6.07) is 1.57. The van der Waals surface area contributed by atoms with Gasteiger partial charge in [0.2, 0.25) is 0 Å². The van der Waals surface area contributed by atoms with Crippen LogP contribution in [-0.4, -0.2) is 48.6 Å². The highest BCUT2D eigenvalue weighted by atomic mass is 15.2. The fraction of sp³-hybridized carbons (Fsp3) is 1.00. The Morgan fingerprint density at radius 2 is 1.86 bits per heavy atom. The minimum Gasteiger partial charge on any atom is -0.303 e. The molecule has 14 heavy (non-hydrogen) atoms. The van der Waals surface area contributed by atoms with Crippen molar-refractivity contribution in [2.75, 3.05) is 26.7 Å². The third-order valence-electron chi connectivity index (χ3n) is 3.43. The zero-order valence-corrected chi connectivity index (χ0v) is 10.3. The second kappa shape index (κ2) is 5.72. The number of likely N-dealkylation sites (tertiary alicyclic amines) is 1. The van der Waals surface area contributed by atoms with Gasteiger partial charge in [-0.05, 0) is 59.8 Å². The topological polar surface area (TPSA) is 6.48 Å². The molecule has 84 valence electrons. The molecule has 0 bridgehead atoms. The summed E-state index contributed by atoms with van der Waals surface area (Å²) in [5.41, 5.74) is 0. The Labute approximate surface area is 89.3 Å². The van der Waals surface area contributed by atoms with Gasteiger partial charge in [0.25, 0.3) is 0 Å². The molecule has 0 saturated carbocycles. The van der Waals surface area contributed by atoms with E-state index in [1.807, 2.05) is 0 Å². The van der Waals surface area contributed by atoms with Crippen molar-refractivity contribution in [3.63, 3.8) is 0 Å². The molecule has 0 radical (unpaired) electrons. The minimum absolute atomic E-state index is 0.729. The number of hydrogen-bond donors (Lipinski definition) is 0. The van der Waals surface area contributed by atoms with Crippen LogP contribution in [0.3, 0.4) is 0 Å². The average Bonchev–Trinajstić information content (AvgIpc) is 2.18. The molecule has 0 unspecified atom stereocenters. The first kappa shape index (κ1) is 12.0. The van der Waals surface area contributed by atoms with Crippen LogP contribution in [0, 0.1) is 0 Å². The van der Waals surface area contributed by atoms with Gasteiger partial charge >= 0.3 is 0 Å². The highest BCUT2D eigenvalue weighted by Crippen LogP contribution is 2.17. The lowest BCUT2D eigenvalue weighted by Gasteiger charge is -2.38. The fourth-order valence-electron chi connectivity index (χ4n) is 2.38. The second-order valence-electron chi connectivity index (χ2n) is 4.84. The van der Waals surface area contributed by atoms with E-state index in [9.17, 15) is 0 Å². The van der Waals surface area contributed by atoms with E-state index in [-0.39, 0.29) is 0 Å². The SMILES string of the molecule is CCCN(C)C1CCN(C(C)C)CC1. The molecule has 1 rings (SSSR count). The van der Waals surface area contributed by atoms with Gasteiger partial charge in [-0.2, -0.15) is 0 Å². The van der Waals surface area contributed by atoms with Crippen LogP contribution in [0.2, 0.25) is 0 Å². The summed E-state index contributed by atoms with van der Waals surface area (Å²) in [6.45, 7) is 10.7. The van der Waals surface area contributed by atoms with Crippen molar-refractivity contribution in [2.45, 2.75) is 52.1 Å². The van der Waals surface area contributed by atoms with E-state index < -0.39 is 0 Å². The number of hydrogen-bond acceptors (Lipinski definition) is 2. The normalized spacial score (nSPS) is 21.0. The van der Waals surface area contributed by atoms with Crippen LogP contribution in [0.1, 0.15) is 40.0 Å². The Balaban J connectivity index is 2.28. The van der Waals surface area contributed by atoms with Crippen molar-refractivity contribution in [3.8, 4) is 0 Å². The predicted octanol–water partition coefficient (Wildman–Crippen LogP) is 2.20. The summed E-state index contributed by atoms with van der Waals surface area (Å²) in [5.74, 6) is 0. The van der Waals surface area contributed by atoms with Gasteiger partial charge in [-0.25, -0.2) is 0 Å². The lowest BCUT2D eigenvalue weighted by Crippen LogP contribution is -2.45. The van der Waals surface area contributed by atoms with Gasteiger partial charge in [0.1, 0.15) is 0 Å². The summed E-state index contributed by atoms with van der Waals surface area (Å²) in [7, 11) is 2.28. The van der Waals surface area contributed by atoms with E-state index in [0.717, 1.165) is 12.1 Å². The zero-order chi connectivity index (χ0) is 10.6. The highest BCUT2D eigenvalue weighted by molar-refractivity contribution is 4.79. The summed E-state index contributed by atoms with van der Waals surface area (Å²) >= 11 is 0. The van der Waals surface area contributed by atoms with Crippen LogP contribution in [0.15, 0.2) is 0 Å². The predicted molar refractivity (Wildman–Crippen MR) is 62.7 cm³/mol. The van der Waals surface area contributed by atoms with Crippen LogP contribution < -0.4 is 0 Å². The summed E-state index contributed by atoms with van der Waals surface area (Å²) in [4.78, 5) is 5.13.